The van der Waals surface area contributed by atoms with Crippen LogP contribution >= 0.6 is 11.6 Å². The van der Waals surface area contributed by atoms with Crippen LogP contribution < -0.4 is 10.9 Å². The quantitative estimate of drug-likeness (QED) is 0.614. The zero-order valence-corrected chi connectivity index (χ0v) is 18.5. The SMILES string of the molecule is Cc1cc2cc(CN(CCN(C)C)C(=O)Nc3ccccc3Cl)c(=O)[nH]c2cc1C. The first kappa shape index (κ1) is 21.9. The zero-order valence-electron chi connectivity index (χ0n) is 17.8. The van der Waals surface area contributed by atoms with Crippen LogP contribution in [0.5, 0.6) is 0 Å². The number of benzene rings is 2. The Kier molecular flexibility index (Phi) is 6.80. The van der Waals surface area contributed by atoms with Gasteiger partial charge >= 0.3 is 6.03 Å². The van der Waals surface area contributed by atoms with Crippen molar-refractivity contribution in [1.29, 1.82) is 0 Å². The van der Waals surface area contributed by atoms with Crippen LogP contribution in [0.1, 0.15) is 16.7 Å². The molecule has 6 nitrogen and oxygen atoms in total. The second-order valence-electron chi connectivity index (χ2n) is 7.78. The molecule has 0 fully saturated rings. The van der Waals surface area contributed by atoms with E-state index in [0.29, 0.717) is 29.4 Å². The Morgan fingerprint density at radius 2 is 1.77 bits per heavy atom. The summed E-state index contributed by atoms with van der Waals surface area (Å²) in [6.07, 6.45) is 0. The Labute approximate surface area is 181 Å². The van der Waals surface area contributed by atoms with Crippen molar-refractivity contribution in [1.82, 2.24) is 14.8 Å². The predicted molar refractivity (Wildman–Crippen MR) is 123 cm³/mol. The van der Waals surface area contributed by atoms with Crippen molar-refractivity contribution < 1.29 is 4.79 Å². The number of aryl methyl sites for hydroxylation is 2. The molecule has 2 amide bonds. The van der Waals surface area contributed by atoms with Crippen molar-refractivity contribution in [3.63, 3.8) is 0 Å². The number of urea groups is 1. The standard InChI is InChI=1S/C23H27ClN4O2/c1-15-11-17-13-18(22(29)25-21(17)12-16(15)2)14-28(10-9-27(3)4)23(30)26-20-8-6-5-7-19(20)24/h5-8,11-13H,9-10,14H2,1-4H3,(H,25,29)(H,26,30). The number of amides is 2. The fourth-order valence-electron chi connectivity index (χ4n) is 3.18. The molecule has 0 aliphatic heterocycles. The molecule has 0 spiro atoms. The Hall–Kier alpha value is -2.83. The molecule has 3 aromatic rings. The van der Waals surface area contributed by atoms with Crippen LogP contribution in [-0.2, 0) is 6.54 Å². The number of halogens is 1. The number of anilines is 1. The van der Waals surface area contributed by atoms with Gasteiger partial charge < -0.3 is 20.1 Å². The number of carbonyl (C=O) groups is 1. The summed E-state index contributed by atoms with van der Waals surface area (Å²) in [5, 5.41) is 4.27. The third kappa shape index (κ3) is 5.20. The van der Waals surface area contributed by atoms with E-state index in [1.807, 2.05) is 51.0 Å². The first-order chi connectivity index (χ1) is 14.2. The first-order valence-corrected chi connectivity index (χ1v) is 10.2. The maximum Gasteiger partial charge on any atom is 0.322 e. The van der Waals surface area contributed by atoms with E-state index in [9.17, 15) is 9.59 Å². The molecule has 7 heteroatoms. The van der Waals surface area contributed by atoms with E-state index < -0.39 is 0 Å². The minimum atomic E-state index is -0.301. The molecule has 0 radical (unpaired) electrons. The van der Waals surface area contributed by atoms with Crippen LogP contribution in [-0.4, -0.2) is 48.0 Å². The van der Waals surface area contributed by atoms with Crippen molar-refractivity contribution in [2.45, 2.75) is 20.4 Å². The summed E-state index contributed by atoms with van der Waals surface area (Å²) >= 11 is 6.18. The van der Waals surface area contributed by atoms with Gasteiger partial charge in [0.1, 0.15) is 0 Å². The predicted octanol–water partition coefficient (Wildman–Crippen LogP) is 4.39. The van der Waals surface area contributed by atoms with Crippen LogP contribution in [0.25, 0.3) is 10.9 Å². The Morgan fingerprint density at radius 3 is 2.47 bits per heavy atom. The number of likely N-dealkylation sites (N-methyl/N-ethyl adjacent to an activating group) is 1. The van der Waals surface area contributed by atoms with Crippen molar-refractivity contribution in [2.75, 3.05) is 32.5 Å². The van der Waals surface area contributed by atoms with Crippen LogP contribution in [0.2, 0.25) is 5.02 Å². The molecule has 3 rings (SSSR count). The fourth-order valence-corrected chi connectivity index (χ4v) is 3.36. The molecule has 2 N–H and O–H groups in total. The van der Waals surface area contributed by atoms with Gasteiger partial charge in [0, 0.05) is 24.2 Å². The highest BCUT2D eigenvalue weighted by molar-refractivity contribution is 6.33. The molecule has 30 heavy (non-hydrogen) atoms. The van der Waals surface area contributed by atoms with E-state index in [-0.39, 0.29) is 18.1 Å². The highest BCUT2D eigenvalue weighted by Crippen LogP contribution is 2.21. The second-order valence-corrected chi connectivity index (χ2v) is 8.19. The average molecular weight is 427 g/mol. The lowest BCUT2D eigenvalue weighted by molar-refractivity contribution is 0.202. The topological polar surface area (TPSA) is 68.4 Å². The zero-order chi connectivity index (χ0) is 21.8. The number of carbonyl (C=O) groups excluding carboxylic acids is 1. The highest BCUT2D eigenvalue weighted by Gasteiger charge is 2.17. The molecule has 1 heterocycles. The summed E-state index contributed by atoms with van der Waals surface area (Å²) in [6.45, 7) is 5.39. The van der Waals surface area contributed by atoms with Gasteiger partial charge in [-0.05, 0) is 74.8 Å². The first-order valence-electron chi connectivity index (χ1n) is 9.83. The number of H-pyrrole nitrogens is 1. The van der Waals surface area contributed by atoms with Crippen molar-refractivity contribution in [2.24, 2.45) is 0 Å². The number of hydrogen-bond donors (Lipinski definition) is 2. The van der Waals surface area contributed by atoms with Gasteiger partial charge in [-0.3, -0.25) is 4.79 Å². The summed E-state index contributed by atoms with van der Waals surface area (Å²) in [5.74, 6) is 0. The monoisotopic (exact) mass is 426 g/mol. The molecule has 0 unspecified atom stereocenters. The van der Waals surface area contributed by atoms with Gasteiger partial charge in [-0.15, -0.1) is 0 Å². The van der Waals surface area contributed by atoms with E-state index in [1.165, 1.54) is 0 Å². The van der Waals surface area contributed by atoms with Crippen molar-refractivity contribution in [3.05, 3.63) is 74.5 Å². The molecule has 0 atom stereocenters. The third-order valence-electron chi connectivity index (χ3n) is 5.12. The van der Waals surface area contributed by atoms with Gasteiger partial charge in [0.05, 0.1) is 17.3 Å². The Balaban J connectivity index is 1.89. The normalized spacial score (nSPS) is 11.1. The lowest BCUT2D eigenvalue weighted by Gasteiger charge is -2.25. The largest absolute Gasteiger partial charge is 0.322 e. The molecule has 158 valence electrons. The number of aromatic amines is 1. The highest BCUT2D eigenvalue weighted by atomic mass is 35.5. The average Bonchev–Trinajstić information content (AvgIpc) is 2.68. The summed E-state index contributed by atoms with van der Waals surface area (Å²) in [4.78, 5) is 32.2. The van der Waals surface area contributed by atoms with E-state index in [1.54, 1.807) is 23.1 Å². The molecule has 0 bridgehead atoms. The van der Waals surface area contributed by atoms with Crippen LogP contribution in [0.3, 0.4) is 0 Å². The summed E-state index contributed by atoms with van der Waals surface area (Å²) in [7, 11) is 3.89. The van der Waals surface area contributed by atoms with Crippen LogP contribution in [0.15, 0.2) is 47.3 Å². The maximum absolute atomic E-state index is 13.0. The summed E-state index contributed by atoms with van der Waals surface area (Å²) < 4.78 is 0. The van der Waals surface area contributed by atoms with Gasteiger partial charge in [-0.1, -0.05) is 23.7 Å². The summed E-state index contributed by atoms with van der Waals surface area (Å²) in [6, 6.07) is 12.7. The number of pyridine rings is 1. The van der Waals surface area contributed by atoms with E-state index in [2.05, 4.69) is 16.4 Å². The number of hydrogen-bond acceptors (Lipinski definition) is 3. The number of nitrogens with zero attached hydrogens (tertiary/aromatic N) is 2. The van der Waals surface area contributed by atoms with E-state index >= 15 is 0 Å². The van der Waals surface area contributed by atoms with Gasteiger partial charge in [0.25, 0.3) is 5.56 Å². The molecule has 0 saturated carbocycles. The fraction of sp³-hybridized carbons (Fsp3) is 0.304. The molecular formula is C23H27ClN4O2. The minimum absolute atomic E-state index is 0.189. The number of aromatic nitrogens is 1. The number of nitrogens with one attached hydrogen (secondary N) is 2. The van der Waals surface area contributed by atoms with E-state index in [0.717, 1.165) is 22.0 Å². The van der Waals surface area contributed by atoms with Crippen LogP contribution in [0, 0.1) is 13.8 Å². The summed E-state index contributed by atoms with van der Waals surface area (Å²) in [5.41, 5.74) is 3.97. The number of rotatable bonds is 6. The molecule has 1 aromatic heterocycles. The van der Waals surface area contributed by atoms with E-state index in [4.69, 9.17) is 11.6 Å². The molecule has 0 aliphatic carbocycles. The van der Waals surface area contributed by atoms with Gasteiger partial charge in [-0.25, -0.2) is 4.79 Å². The Morgan fingerprint density at radius 1 is 1.07 bits per heavy atom. The van der Waals surface area contributed by atoms with Gasteiger partial charge in [0.15, 0.2) is 0 Å². The van der Waals surface area contributed by atoms with Crippen molar-refractivity contribution in [3.8, 4) is 0 Å². The lowest BCUT2D eigenvalue weighted by Crippen LogP contribution is -2.40. The van der Waals surface area contributed by atoms with Gasteiger partial charge in [0.2, 0.25) is 0 Å². The molecule has 0 saturated heterocycles. The van der Waals surface area contributed by atoms with Crippen molar-refractivity contribution >= 4 is 34.2 Å². The molecule has 0 aliphatic rings. The minimum Gasteiger partial charge on any atom is -0.322 e. The number of para-hydroxylation sites is 1. The van der Waals surface area contributed by atoms with Crippen LogP contribution in [0.4, 0.5) is 10.5 Å². The smallest absolute Gasteiger partial charge is 0.322 e. The van der Waals surface area contributed by atoms with Gasteiger partial charge in [-0.2, -0.15) is 0 Å². The third-order valence-corrected chi connectivity index (χ3v) is 5.45. The lowest BCUT2D eigenvalue weighted by atomic mass is 10.0. The molecular weight excluding hydrogens is 400 g/mol. The second kappa shape index (κ2) is 9.32. The Bertz CT molecular complexity index is 1120. The maximum atomic E-state index is 13.0. The number of fused-ring (bicyclic) bond motifs is 1. The molecule has 2 aromatic carbocycles.